The van der Waals surface area contributed by atoms with E-state index in [9.17, 15) is 0 Å². The maximum absolute atomic E-state index is 5.34. The Bertz CT molecular complexity index is 519. The average Bonchev–Trinajstić information content (AvgIpc) is 2.54. The van der Waals surface area contributed by atoms with Crippen molar-refractivity contribution in [1.82, 2.24) is 0 Å². The van der Waals surface area contributed by atoms with E-state index in [4.69, 9.17) is 6.42 Å². The molecule has 0 amide bonds. The number of anilines is 1. The van der Waals surface area contributed by atoms with Crippen LogP contribution in [0, 0.1) is 19.3 Å². The zero-order valence-electron chi connectivity index (χ0n) is 8.95. The molecular formula is C13H13NS. The predicted molar refractivity (Wildman–Crippen MR) is 68.7 cm³/mol. The lowest BCUT2D eigenvalue weighted by Gasteiger charge is -2.16. The van der Waals surface area contributed by atoms with Gasteiger partial charge in [0.2, 0.25) is 0 Å². The zero-order valence-corrected chi connectivity index (χ0v) is 9.77. The molecule has 2 aromatic rings. The van der Waals surface area contributed by atoms with Crippen molar-refractivity contribution < 1.29 is 0 Å². The Morgan fingerprint density at radius 1 is 1.40 bits per heavy atom. The number of benzene rings is 1. The molecule has 0 aliphatic heterocycles. The third-order valence-electron chi connectivity index (χ3n) is 2.45. The minimum absolute atomic E-state index is 0.654. The number of fused-ring (bicyclic) bond motifs is 1. The molecule has 0 saturated carbocycles. The van der Waals surface area contributed by atoms with Gasteiger partial charge in [-0.1, -0.05) is 24.1 Å². The monoisotopic (exact) mass is 215 g/mol. The number of terminal acetylenes is 1. The molecule has 76 valence electrons. The zero-order chi connectivity index (χ0) is 10.8. The molecule has 0 atom stereocenters. The highest BCUT2D eigenvalue weighted by Crippen LogP contribution is 2.36. The van der Waals surface area contributed by atoms with E-state index in [1.54, 1.807) is 0 Å². The summed E-state index contributed by atoms with van der Waals surface area (Å²) in [6.45, 7) is 2.80. The maximum atomic E-state index is 5.34. The average molecular weight is 215 g/mol. The van der Waals surface area contributed by atoms with Crippen LogP contribution in [0.15, 0.2) is 24.3 Å². The van der Waals surface area contributed by atoms with Gasteiger partial charge in [0.15, 0.2) is 0 Å². The molecule has 0 saturated heterocycles. The van der Waals surface area contributed by atoms with E-state index in [2.05, 4.69) is 42.0 Å². The first-order valence-electron chi connectivity index (χ1n) is 4.86. The van der Waals surface area contributed by atoms with E-state index in [0.717, 1.165) is 0 Å². The minimum atomic E-state index is 0.654. The second-order valence-electron chi connectivity index (χ2n) is 3.56. The number of rotatable bonds is 2. The summed E-state index contributed by atoms with van der Waals surface area (Å²) in [6.07, 6.45) is 5.34. The summed E-state index contributed by atoms with van der Waals surface area (Å²) in [5.41, 5.74) is 1.27. The molecular weight excluding hydrogens is 202 g/mol. The number of nitrogens with zero attached hydrogens (tertiary/aromatic N) is 1. The summed E-state index contributed by atoms with van der Waals surface area (Å²) < 4.78 is 1.33. The highest BCUT2D eigenvalue weighted by Gasteiger charge is 2.11. The number of aryl methyl sites for hydroxylation is 1. The van der Waals surface area contributed by atoms with Crippen LogP contribution in [-0.4, -0.2) is 13.6 Å². The third kappa shape index (κ3) is 1.71. The molecule has 0 N–H and O–H groups in total. The Kier molecular flexibility index (Phi) is 2.66. The van der Waals surface area contributed by atoms with Gasteiger partial charge in [-0.25, -0.2) is 0 Å². The van der Waals surface area contributed by atoms with E-state index >= 15 is 0 Å². The summed E-state index contributed by atoms with van der Waals surface area (Å²) >= 11 is 1.82. The van der Waals surface area contributed by atoms with Gasteiger partial charge in [0, 0.05) is 22.0 Å². The lowest BCUT2D eigenvalue weighted by Crippen LogP contribution is -2.17. The largest absolute Gasteiger partial charge is 0.362 e. The fourth-order valence-corrected chi connectivity index (χ4v) is 2.96. The van der Waals surface area contributed by atoms with Crippen molar-refractivity contribution in [3.8, 4) is 12.3 Å². The van der Waals surface area contributed by atoms with E-state index in [0.29, 0.717) is 6.54 Å². The van der Waals surface area contributed by atoms with Crippen LogP contribution in [0.2, 0.25) is 0 Å². The first-order valence-corrected chi connectivity index (χ1v) is 5.68. The van der Waals surface area contributed by atoms with Gasteiger partial charge in [-0.05, 0) is 13.0 Å². The smallest absolute Gasteiger partial charge is 0.0789 e. The Balaban J connectivity index is 2.59. The molecule has 2 heteroatoms. The van der Waals surface area contributed by atoms with Crippen LogP contribution in [0.5, 0.6) is 0 Å². The molecule has 0 unspecified atom stereocenters. The summed E-state index contributed by atoms with van der Waals surface area (Å²) in [5.74, 6) is 2.68. The van der Waals surface area contributed by atoms with Crippen molar-refractivity contribution in [2.45, 2.75) is 6.92 Å². The topological polar surface area (TPSA) is 3.24 Å². The molecule has 2 rings (SSSR count). The second kappa shape index (κ2) is 3.96. The van der Waals surface area contributed by atoms with Crippen LogP contribution in [0.4, 0.5) is 5.69 Å². The molecule has 0 spiro atoms. The lowest BCUT2D eigenvalue weighted by atomic mass is 10.2. The third-order valence-corrected chi connectivity index (χ3v) is 3.52. The fourth-order valence-electron chi connectivity index (χ4n) is 1.84. The van der Waals surface area contributed by atoms with Crippen molar-refractivity contribution in [2.75, 3.05) is 18.5 Å². The van der Waals surface area contributed by atoms with Crippen molar-refractivity contribution in [3.05, 3.63) is 29.1 Å². The summed E-state index contributed by atoms with van der Waals surface area (Å²) in [6, 6.07) is 8.45. The van der Waals surface area contributed by atoms with Crippen molar-refractivity contribution in [2.24, 2.45) is 0 Å². The van der Waals surface area contributed by atoms with E-state index in [1.807, 2.05) is 18.4 Å². The fraction of sp³-hybridized carbons (Fsp3) is 0.231. The summed E-state index contributed by atoms with van der Waals surface area (Å²) in [7, 11) is 2.04. The van der Waals surface area contributed by atoms with E-state index < -0.39 is 0 Å². The molecule has 0 bridgehead atoms. The highest BCUT2D eigenvalue weighted by molar-refractivity contribution is 7.19. The van der Waals surface area contributed by atoms with E-state index in [-0.39, 0.29) is 0 Å². The van der Waals surface area contributed by atoms with Gasteiger partial charge in [0.1, 0.15) is 0 Å². The van der Waals surface area contributed by atoms with E-state index in [1.165, 1.54) is 20.7 Å². The Morgan fingerprint density at radius 2 is 2.13 bits per heavy atom. The molecule has 1 aromatic heterocycles. The quantitative estimate of drug-likeness (QED) is 0.695. The van der Waals surface area contributed by atoms with Crippen LogP contribution >= 0.6 is 11.3 Å². The normalized spacial score (nSPS) is 10.2. The van der Waals surface area contributed by atoms with Crippen LogP contribution in [0.25, 0.3) is 10.1 Å². The Hall–Kier alpha value is -1.46. The summed E-state index contributed by atoms with van der Waals surface area (Å²) in [5, 5.41) is 1.30. The van der Waals surface area contributed by atoms with Gasteiger partial charge in [0.25, 0.3) is 0 Å². The van der Waals surface area contributed by atoms with Gasteiger partial charge in [-0.3, -0.25) is 0 Å². The number of hydrogen-bond acceptors (Lipinski definition) is 2. The van der Waals surface area contributed by atoms with Crippen molar-refractivity contribution in [3.63, 3.8) is 0 Å². The molecule has 0 aliphatic carbocycles. The highest BCUT2D eigenvalue weighted by atomic mass is 32.1. The van der Waals surface area contributed by atoms with Crippen LogP contribution in [0.3, 0.4) is 0 Å². The Labute approximate surface area is 94.3 Å². The standard InChI is InChI=1S/C13H13NS/c1-4-9-14(3)13-10(2)15-12-8-6-5-7-11(12)13/h1,5-8H,9H2,2-3H3. The van der Waals surface area contributed by atoms with Gasteiger partial charge >= 0.3 is 0 Å². The Morgan fingerprint density at radius 3 is 2.87 bits per heavy atom. The molecule has 15 heavy (non-hydrogen) atoms. The summed E-state index contributed by atoms with van der Waals surface area (Å²) in [4.78, 5) is 3.46. The van der Waals surface area contributed by atoms with Gasteiger partial charge in [-0.2, -0.15) is 0 Å². The molecule has 1 nitrogen and oxygen atoms in total. The predicted octanol–water partition coefficient (Wildman–Crippen LogP) is 3.28. The molecule has 0 fully saturated rings. The molecule has 1 aromatic carbocycles. The second-order valence-corrected chi connectivity index (χ2v) is 4.82. The van der Waals surface area contributed by atoms with Gasteiger partial charge in [0.05, 0.1) is 12.2 Å². The minimum Gasteiger partial charge on any atom is -0.362 e. The maximum Gasteiger partial charge on any atom is 0.0789 e. The van der Waals surface area contributed by atoms with Crippen LogP contribution in [0.1, 0.15) is 4.88 Å². The van der Waals surface area contributed by atoms with Crippen molar-refractivity contribution >= 4 is 27.1 Å². The number of hydrogen-bond donors (Lipinski definition) is 0. The lowest BCUT2D eigenvalue weighted by molar-refractivity contribution is 1.06. The van der Waals surface area contributed by atoms with Crippen LogP contribution in [-0.2, 0) is 0 Å². The van der Waals surface area contributed by atoms with Crippen molar-refractivity contribution in [1.29, 1.82) is 0 Å². The molecule has 0 aliphatic rings. The van der Waals surface area contributed by atoms with Gasteiger partial charge in [-0.15, -0.1) is 17.8 Å². The van der Waals surface area contributed by atoms with Gasteiger partial charge < -0.3 is 4.90 Å². The first-order chi connectivity index (χ1) is 7.24. The number of thiophene rings is 1. The molecule has 1 heterocycles. The molecule has 0 radical (unpaired) electrons. The van der Waals surface area contributed by atoms with Crippen LogP contribution < -0.4 is 4.90 Å². The SMILES string of the molecule is C#CCN(C)c1c(C)sc2ccccc12. The first kappa shape index (κ1) is 10.1.